The zero-order chi connectivity index (χ0) is 15.1. The molecule has 1 saturated carbocycles. The van der Waals surface area contributed by atoms with Crippen molar-refractivity contribution >= 4 is 17.7 Å². The van der Waals surface area contributed by atoms with E-state index in [4.69, 9.17) is 0 Å². The summed E-state index contributed by atoms with van der Waals surface area (Å²) in [6, 6.07) is 0.454. The second-order valence-electron chi connectivity index (χ2n) is 6.00. The summed E-state index contributed by atoms with van der Waals surface area (Å²) in [7, 11) is 0. The Labute approximate surface area is 130 Å². The molecule has 1 amide bonds. The summed E-state index contributed by atoms with van der Waals surface area (Å²) in [5.41, 5.74) is 0. The lowest BCUT2D eigenvalue weighted by molar-refractivity contribution is -0.118. The maximum Gasteiger partial charge on any atom is 0.230 e. The standard InChI is InChI=1S/C14H25N5OS/c1-11(2)7-8-15-14(20)10-21-9-13-16-17-18-19(13)12-5-3-4-6-12/h11-12H,3-10H2,1-2H3,(H,15,20). The minimum atomic E-state index is 0.0977. The molecule has 1 aromatic rings. The minimum Gasteiger partial charge on any atom is -0.355 e. The molecule has 0 aromatic carbocycles. The van der Waals surface area contributed by atoms with Gasteiger partial charge in [-0.15, -0.1) is 16.9 Å². The molecule has 21 heavy (non-hydrogen) atoms. The van der Waals surface area contributed by atoms with Gasteiger partial charge >= 0.3 is 0 Å². The molecule has 1 aliphatic carbocycles. The molecule has 0 atom stereocenters. The van der Waals surface area contributed by atoms with Crippen LogP contribution in [0.3, 0.4) is 0 Å². The maximum atomic E-state index is 11.7. The lowest BCUT2D eigenvalue weighted by atomic mass is 10.1. The van der Waals surface area contributed by atoms with Crippen LogP contribution in [-0.2, 0) is 10.5 Å². The Morgan fingerprint density at radius 1 is 1.43 bits per heavy atom. The Kier molecular flexibility index (Phi) is 6.48. The Morgan fingerprint density at radius 2 is 2.19 bits per heavy atom. The number of hydrogen-bond donors (Lipinski definition) is 1. The third-order valence-corrected chi connectivity index (χ3v) is 4.67. The van der Waals surface area contributed by atoms with E-state index in [1.165, 1.54) is 25.7 Å². The summed E-state index contributed by atoms with van der Waals surface area (Å²) in [6.45, 7) is 5.07. The first-order valence-electron chi connectivity index (χ1n) is 7.78. The fourth-order valence-corrected chi connectivity index (χ4v) is 3.29. The molecule has 1 N–H and O–H groups in total. The molecule has 0 saturated heterocycles. The average molecular weight is 311 g/mol. The largest absolute Gasteiger partial charge is 0.355 e. The molecule has 0 unspecified atom stereocenters. The van der Waals surface area contributed by atoms with Crippen LogP contribution >= 0.6 is 11.8 Å². The topological polar surface area (TPSA) is 72.7 Å². The SMILES string of the molecule is CC(C)CCNC(=O)CSCc1nnnn1C1CCCC1. The van der Waals surface area contributed by atoms with Crippen LogP contribution in [-0.4, -0.2) is 38.4 Å². The van der Waals surface area contributed by atoms with Crippen molar-refractivity contribution in [3.63, 3.8) is 0 Å². The Bertz CT molecular complexity index is 442. The molecular formula is C14H25N5OS. The Morgan fingerprint density at radius 3 is 2.90 bits per heavy atom. The second kappa shape index (κ2) is 8.36. The van der Waals surface area contributed by atoms with E-state index >= 15 is 0 Å². The van der Waals surface area contributed by atoms with Gasteiger partial charge in [0.1, 0.15) is 0 Å². The molecular weight excluding hydrogens is 286 g/mol. The van der Waals surface area contributed by atoms with Crippen LogP contribution in [0.5, 0.6) is 0 Å². The van der Waals surface area contributed by atoms with Crippen molar-refractivity contribution in [3.05, 3.63) is 5.82 Å². The number of amides is 1. The average Bonchev–Trinajstić information content (AvgIpc) is 3.08. The number of nitrogens with one attached hydrogen (secondary N) is 1. The van der Waals surface area contributed by atoms with Gasteiger partial charge in [0.25, 0.3) is 0 Å². The van der Waals surface area contributed by atoms with Gasteiger partial charge in [-0.25, -0.2) is 4.68 Å². The summed E-state index contributed by atoms with van der Waals surface area (Å²) in [5, 5.41) is 14.9. The molecule has 0 radical (unpaired) electrons. The van der Waals surface area contributed by atoms with Gasteiger partial charge in [-0.3, -0.25) is 4.79 Å². The van der Waals surface area contributed by atoms with Gasteiger partial charge in [0.15, 0.2) is 5.82 Å². The van der Waals surface area contributed by atoms with Gasteiger partial charge in [-0.2, -0.15) is 0 Å². The van der Waals surface area contributed by atoms with E-state index in [1.54, 1.807) is 11.8 Å². The van der Waals surface area contributed by atoms with Crippen LogP contribution in [0.15, 0.2) is 0 Å². The number of carbonyl (C=O) groups is 1. The van der Waals surface area contributed by atoms with E-state index in [0.29, 0.717) is 23.5 Å². The first-order chi connectivity index (χ1) is 10.2. The van der Waals surface area contributed by atoms with Crippen molar-refractivity contribution in [1.29, 1.82) is 0 Å². The fraction of sp³-hybridized carbons (Fsp3) is 0.857. The molecule has 0 aliphatic heterocycles. The maximum absolute atomic E-state index is 11.7. The summed E-state index contributed by atoms with van der Waals surface area (Å²) < 4.78 is 1.96. The number of carbonyl (C=O) groups excluding carboxylic acids is 1. The zero-order valence-electron chi connectivity index (χ0n) is 12.9. The molecule has 0 spiro atoms. The number of tetrazole rings is 1. The molecule has 118 valence electrons. The van der Waals surface area contributed by atoms with E-state index in [0.717, 1.165) is 18.8 Å². The lowest BCUT2D eigenvalue weighted by Crippen LogP contribution is -2.27. The van der Waals surface area contributed by atoms with Gasteiger partial charge in [0.05, 0.1) is 17.5 Å². The monoisotopic (exact) mass is 311 g/mol. The first-order valence-corrected chi connectivity index (χ1v) is 8.93. The van der Waals surface area contributed by atoms with Crippen LogP contribution in [0.1, 0.15) is 57.8 Å². The van der Waals surface area contributed by atoms with Gasteiger partial charge in [0, 0.05) is 6.54 Å². The third kappa shape index (κ3) is 5.30. The van der Waals surface area contributed by atoms with Gasteiger partial charge in [0.2, 0.25) is 5.91 Å². The van der Waals surface area contributed by atoms with Crippen molar-refractivity contribution in [2.45, 2.75) is 57.7 Å². The zero-order valence-corrected chi connectivity index (χ0v) is 13.7. The van der Waals surface area contributed by atoms with E-state index < -0.39 is 0 Å². The van der Waals surface area contributed by atoms with Crippen molar-refractivity contribution in [3.8, 4) is 0 Å². The number of hydrogen-bond acceptors (Lipinski definition) is 5. The lowest BCUT2D eigenvalue weighted by Gasteiger charge is -2.11. The highest BCUT2D eigenvalue weighted by Crippen LogP contribution is 2.29. The molecule has 1 heterocycles. The highest BCUT2D eigenvalue weighted by molar-refractivity contribution is 7.99. The van der Waals surface area contributed by atoms with Crippen LogP contribution in [0.2, 0.25) is 0 Å². The Hall–Kier alpha value is -1.11. The molecule has 1 fully saturated rings. The second-order valence-corrected chi connectivity index (χ2v) is 6.99. The van der Waals surface area contributed by atoms with E-state index in [1.807, 2.05) is 4.68 Å². The number of nitrogens with zero attached hydrogens (tertiary/aromatic N) is 4. The number of rotatable bonds is 8. The molecule has 1 aliphatic rings. The van der Waals surface area contributed by atoms with Crippen molar-refractivity contribution < 1.29 is 4.79 Å². The smallest absolute Gasteiger partial charge is 0.230 e. The summed E-state index contributed by atoms with van der Waals surface area (Å²) in [4.78, 5) is 11.7. The molecule has 0 bridgehead atoms. The van der Waals surface area contributed by atoms with Crippen LogP contribution in [0, 0.1) is 5.92 Å². The Balaban J connectivity index is 1.69. The fourth-order valence-electron chi connectivity index (χ4n) is 2.53. The predicted octanol–water partition coefficient (Wildman–Crippen LogP) is 2.18. The minimum absolute atomic E-state index is 0.0977. The van der Waals surface area contributed by atoms with Crippen LogP contribution < -0.4 is 5.32 Å². The third-order valence-electron chi connectivity index (χ3n) is 3.74. The number of aromatic nitrogens is 4. The molecule has 7 heteroatoms. The predicted molar refractivity (Wildman–Crippen MR) is 83.9 cm³/mol. The van der Waals surface area contributed by atoms with E-state index in [9.17, 15) is 4.79 Å². The quantitative estimate of drug-likeness (QED) is 0.796. The van der Waals surface area contributed by atoms with E-state index in [-0.39, 0.29) is 5.91 Å². The van der Waals surface area contributed by atoms with E-state index in [2.05, 4.69) is 34.7 Å². The highest BCUT2D eigenvalue weighted by Gasteiger charge is 2.21. The van der Waals surface area contributed by atoms with Crippen LogP contribution in [0.25, 0.3) is 0 Å². The number of thioether (sulfide) groups is 1. The van der Waals surface area contributed by atoms with Gasteiger partial charge in [-0.05, 0) is 35.6 Å². The van der Waals surface area contributed by atoms with Crippen molar-refractivity contribution in [1.82, 2.24) is 25.5 Å². The first kappa shape index (κ1) is 16.3. The normalized spacial score (nSPS) is 15.8. The highest BCUT2D eigenvalue weighted by atomic mass is 32.2. The van der Waals surface area contributed by atoms with Crippen molar-refractivity contribution in [2.75, 3.05) is 12.3 Å². The molecule has 6 nitrogen and oxygen atoms in total. The molecule has 1 aromatic heterocycles. The summed E-state index contributed by atoms with van der Waals surface area (Å²) in [5.74, 6) is 2.77. The van der Waals surface area contributed by atoms with Crippen LogP contribution in [0.4, 0.5) is 0 Å². The van der Waals surface area contributed by atoms with Gasteiger partial charge < -0.3 is 5.32 Å². The summed E-state index contributed by atoms with van der Waals surface area (Å²) >= 11 is 1.58. The van der Waals surface area contributed by atoms with Gasteiger partial charge in [-0.1, -0.05) is 26.7 Å². The summed E-state index contributed by atoms with van der Waals surface area (Å²) in [6.07, 6.45) is 5.87. The van der Waals surface area contributed by atoms with Crippen molar-refractivity contribution in [2.24, 2.45) is 5.92 Å². The molecule has 2 rings (SSSR count).